The number of hydrogen-bond acceptors (Lipinski definition) is 6. The van der Waals surface area contributed by atoms with Gasteiger partial charge in [-0.15, -0.1) is 0 Å². The Kier molecular flexibility index (Phi) is 51.9. The molecule has 6 nitrogen and oxygen atoms in total. The summed E-state index contributed by atoms with van der Waals surface area (Å²) in [6, 6.07) is 0. The Labute approximate surface area is 408 Å². The van der Waals surface area contributed by atoms with Crippen LogP contribution < -0.4 is 0 Å². The number of allylic oxidation sites excluding steroid dienone is 12. The fraction of sp³-hybridized carbons (Fsp3) is 0.750. The van der Waals surface area contributed by atoms with E-state index >= 15 is 0 Å². The van der Waals surface area contributed by atoms with E-state index in [4.69, 9.17) is 14.2 Å². The Morgan fingerprint density at radius 1 is 0.318 bits per heavy atom. The van der Waals surface area contributed by atoms with Gasteiger partial charge in [0.15, 0.2) is 6.10 Å². The lowest BCUT2D eigenvalue weighted by Gasteiger charge is -2.18. The summed E-state index contributed by atoms with van der Waals surface area (Å²) in [7, 11) is 0. The monoisotopic (exact) mass is 921 g/mol. The van der Waals surface area contributed by atoms with Crippen molar-refractivity contribution in [2.75, 3.05) is 13.2 Å². The summed E-state index contributed by atoms with van der Waals surface area (Å²) in [5.41, 5.74) is 0. The standard InChI is InChI=1S/C60H104O6/c1-4-7-10-13-16-19-22-25-28-30-33-35-38-41-44-47-50-53-59(62)65-56-57(55-64-58(61)52-49-46-43-40-37-34-31-27-24-21-18-15-12-9-6-3)66-60(63)54-51-48-45-42-39-36-32-29-26-23-20-17-14-11-8-5-2/h7,10,16,19-20,23,25,27-29,31-32,57H,4-6,8-9,11-15,17-18,21-22,24,26,30,33-56H2,1-3H3/b10-7-,19-16-,23-20-,28-25-,31-27-,32-29-. The van der Waals surface area contributed by atoms with E-state index in [0.717, 1.165) is 116 Å². The van der Waals surface area contributed by atoms with Crippen LogP contribution in [0.5, 0.6) is 0 Å². The van der Waals surface area contributed by atoms with Crippen molar-refractivity contribution in [3.8, 4) is 0 Å². The van der Waals surface area contributed by atoms with Gasteiger partial charge in [0.05, 0.1) is 0 Å². The number of hydrogen-bond donors (Lipinski definition) is 0. The van der Waals surface area contributed by atoms with Gasteiger partial charge in [-0.1, -0.05) is 216 Å². The number of carbonyl (C=O) groups is 3. The molecule has 0 rings (SSSR count). The second-order valence-electron chi connectivity index (χ2n) is 18.5. The first kappa shape index (κ1) is 62.8. The molecule has 0 aromatic carbocycles. The Morgan fingerprint density at radius 2 is 0.591 bits per heavy atom. The molecule has 0 radical (unpaired) electrons. The normalized spacial score (nSPS) is 12.6. The molecule has 0 aliphatic carbocycles. The molecule has 0 aromatic heterocycles. The Hall–Kier alpha value is -3.15. The maximum Gasteiger partial charge on any atom is 0.306 e. The minimum atomic E-state index is -0.790. The second kappa shape index (κ2) is 54.5. The van der Waals surface area contributed by atoms with Gasteiger partial charge in [-0.05, 0) is 109 Å². The van der Waals surface area contributed by atoms with Gasteiger partial charge in [-0.3, -0.25) is 14.4 Å². The first-order chi connectivity index (χ1) is 32.5. The van der Waals surface area contributed by atoms with Crippen molar-refractivity contribution in [2.24, 2.45) is 0 Å². The molecule has 66 heavy (non-hydrogen) atoms. The number of unbranched alkanes of at least 4 members (excludes halogenated alkanes) is 27. The summed E-state index contributed by atoms with van der Waals surface area (Å²) >= 11 is 0. The van der Waals surface area contributed by atoms with Crippen LogP contribution in [0.15, 0.2) is 72.9 Å². The zero-order valence-electron chi connectivity index (χ0n) is 43.4. The van der Waals surface area contributed by atoms with Gasteiger partial charge >= 0.3 is 17.9 Å². The van der Waals surface area contributed by atoms with Crippen molar-refractivity contribution >= 4 is 17.9 Å². The van der Waals surface area contributed by atoms with E-state index in [-0.39, 0.29) is 31.1 Å². The highest BCUT2D eigenvalue weighted by atomic mass is 16.6. The summed E-state index contributed by atoms with van der Waals surface area (Å²) < 4.78 is 16.8. The summed E-state index contributed by atoms with van der Waals surface area (Å²) in [6.45, 7) is 6.49. The zero-order chi connectivity index (χ0) is 47.9. The lowest BCUT2D eigenvalue weighted by atomic mass is 10.1. The molecular weight excluding hydrogens is 817 g/mol. The van der Waals surface area contributed by atoms with Crippen LogP contribution in [0.3, 0.4) is 0 Å². The van der Waals surface area contributed by atoms with Gasteiger partial charge in [0.2, 0.25) is 0 Å². The minimum Gasteiger partial charge on any atom is -0.462 e. The SMILES string of the molecule is CC/C=C\C/C=C\C/C=C\CCCCCCCCCC(=O)OCC(COC(=O)CCCCCCC/C=C\CCCCCCCC)OC(=O)CCCCCCC/C=C\C/C=C\CCCCCC. The van der Waals surface area contributed by atoms with Gasteiger partial charge in [-0.25, -0.2) is 0 Å². The molecule has 0 amide bonds. The van der Waals surface area contributed by atoms with Crippen molar-refractivity contribution < 1.29 is 28.6 Å². The van der Waals surface area contributed by atoms with Gasteiger partial charge in [-0.2, -0.15) is 0 Å². The van der Waals surface area contributed by atoms with E-state index in [1.807, 2.05) is 0 Å². The molecule has 0 saturated heterocycles. The third kappa shape index (κ3) is 51.8. The van der Waals surface area contributed by atoms with Crippen molar-refractivity contribution in [3.63, 3.8) is 0 Å². The highest BCUT2D eigenvalue weighted by Gasteiger charge is 2.19. The highest BCUT2D eigenvalue weighted by molar-refractivity contribution is 5.71. The molecule has 0 aliphatic rings. The first-order valence-corrected chi connectivity index (χ1v) is 27.9. The molecule has 0 aliphatic heterocycles. The zero-order valence-corrected chi connectivity index (χ0v) is 43.4. The molecule has 0 bridgehead atoms. The van der Waals surface area contributed by atoms with Crippen molar-refractivity contribution in [1.82, 2.24) is 0 Å². The van der Waals surface area contributed by atoms with Crippen LogP contribution in [0.25, 0.3) is 0 Å². The maximum atomic E-state index is 12.8. The van der Waals surface area contributed by atoms with Gasteiger partial charge in [0, 0.05) is 19.3 Å². The molecule has 1 atom stereocenters. The smallest absolute Gasteiger partial charge is 0.306 e. The summed E-state index contributed by atoms with van der Waals surface area (Å²) in [5, 5.41) is 0. The van der Waals surface area contributed by atoms with E-state index in [0.29, 0.717) is 19.3 Å². The molecule has 1 unspecified atom stereocenters. The van der Waals surface area contributed by atoms with Crippen LogP contribution in [-0.2, 0) is 28.6 Å². The van der Waals surface area contributed by atoms with Gasteiger partial charge < -0.3 is 14.2 Å². The van der Waals surface area contributed by atoms with E-state index in [1.165, 1.54) is 116 Å². The molecule has 0 aromatic rings. The van der Waals surface area contributed by atoms with Gasteiger partial charge in [0.1, 0.15) is 13.2 Å². The molecule has 6 heteroatoms. The van der Waals surface area contributed by atoms with E-state index in [9.17, 15) is 14.4 Å². The van der Waals surface area contributed by atoms with Crippen molar-refractivity contribution in [1.29, 1.82) is 0 Å². The van der Waals surface area contributed by atoms with E-state index in [2.05, 4.69) is 93.7 Å². The fourth-order valence-corrected chi connectivity index (χ4v) is 7.72. The summed E-state index contributed by atoms with van der Waals surface area (Å²) in [4.78, 5) is 38.1. The van der Waals surface area contributed by atoms with Crippen LogP contribution in [-0.4, -0.2) is 37.2 Å². The topological polar surface area (TPSA) is 78.9 Å². The van der Waals surface area contributed by atoms with Crippen molar-refractivity contribution in [3.05, 3.63) is 72.9 Å². The lowest BCUT2D eigenvalue weighted by Crippen LogP contribution is -2.30. The van der Waals surface area contributed by atoms with Crippen LogP contribution in [0.2, 0.25) is 0 Å². The first-order valence-electron chi connectivity index (χ1n) is 27.9. The van der Waals surface area contributed by atoms with Crippen LogP contribution in [0.4, 0.5) is 0 Å². The van der Waals surface area contributed by atoms with Crippen LogP contribution in [0, 0.1) is 0 Å². The lowest BCUT2D eigenvalue weighted by molar-refractivity contribution is -0.167. The molecule has 0 saturated carbocycles. The maximum absolute atomic E-state index is 12.8. The predicted molar refractivity (Wildman–Crippen MR) is 284 cm³/mol. The second-order valence-corrected chi connectivity index (χ2v) is 18.5. The van der Waals surface area contributed by atoms with E-state index < -0.39 is 6.10 Å². The highest BCUT2D eigenvalue weighted by Crippen LogP contribution is 2.14. The average molecular weight is 921 g/mol. The fourth-order valence-electron chi connectivity index (χ4n) is 7.72. The third-order valence-corrected chi connectivity index (χ3v) is 11.9. The van der Waals surface area contributed by atoms with Crippen molar-refractivity contribution in [2.45, 2.75) is 277 Å². The largest absolute Gasteiger partial charge is 0.462 e. The average Bonchev–Trinajstić information content (AvgIpc) is 3.31. The molecule has 0 heterocycles. The Morgan fingerprint density at radius 3 is 0.955 bits per heavy atom. The summed E-state index contributed by atoms with van der Waals surface area (Å²) in [5.74, 6) is -0.914. The van der Waals surface area contributed by atoms with Crippen LogP contribution >= 0.6 is 0 Å². The van der Waals surface area contributed by atoms with E-state index in [1.54, 1.807) is 0 Å². The minimum absolute atomic E-state index is 0.0883. The number of esters is 3. The molecule has 380 valence electrons. The Balaban J connectivity index is 4.43. The molecular formula is C60H104O6. The quantitative estimate of drug-likeness (QED) is 0.0262. The predicted octanol–water partition coefficient (Wildman–Crippen LogP) is 18.6. The number of rotatable bonds is 50. The van der Waals surface area contributed by atoms with Crippen LogP contribution in [0.1, 0.15) is 271 Å². The Bertz CT molecular complexity index is 1240. The molecule has 0 spiro atoms. The molecule has 0 N–H and O–H groups in total. The summed E-state index contributed by atoms with van der Waals surface area (Å²) in [6.07, 6.45) is 68.8. The molecule has 0 fully saturated rings. The van der Waals surface area contributed by atoms with Gasteiger partial charge in [0.25, 0.3) is 0 Å². The number of carbonyl (C=O) groups excluding carboxylic acids is 3. The third-order valence-electron chi connectivity index (χ3n) is 11.9. The number of ether oxygens (including phenoxy) is 3.